The van der Waals surface area contributed by atoms with Crippen LogP contribution in [0.2, 0.25) is 0 Å². The third kappa shape index (κ3) is 2.30. The van der Waals surface area contributed by atoms with E-state index in [9.17, 15) is 0 Å². The summed E-state index contributed by atoms with van der Waals surface area (Å²) in [5.41, 5.74) is 9.04. The van der Waals surface area contributed by atoms with Crippen molar-refractivity contribution in [1.29, 1.82) is 0 Å². The Kier molecular flexibility index (Phi) is 3.34. The molecular formula is C13H19N3. The minimum absolute atomic E-state index is 0.774. The number of nitrogens with two attached hydrogens (primary N) is 1. The summed E-state index contributed by atoms with van der Waals surface area (Å²) in [7, 11) is 1.85. The van der Waals surface area contributed by atoms with Gasteiger partial charge >= 0.3 is 0 Å². The van der Waals surface area contributed by atoms with Crippen LogP contribution in [0, 0.1) is 0 Å². The van der Waals surface area contributed by atoms with Gasteiger partial charge in [-0.2, -0.15) is 0 Å². The lowest BCUT2D eigenvalue weighted by molar-refractivity contribution is 0.949. The Morgan fingerprint density at radius 2 is 1.88 bits per heavy atom. The molecule has 0 amide bonds. The minimum atomic E-state index is 0.774. The Balaban J connectivity index is 2.12. The fourth-order valence-electron chi connectivity index (χ4n) is 2.08. The second-order valence-electron chi connectivity index (χ2n) is 4.13. The molecule has 1 fully saturated rings. The quantitative estimate of drug-likeness (QED) is 0.810. The van der Waals surface area contributed by atoms with Crippen LogP contribution in [0.1, 0.15) is 18.4 Å². The van der Waals surface area contributed by atoms with Gasteiger partial charge in [-0.25, -0.2) is 0 Å². The van der Waals surface area contributed by atoms with Crippen LogP contribution in [-0.2, 0) is 0 Å². The molecule has 0 aliphatic carbocycles. The Hall–Kier alpha value is -1.64. The van der Waals surface area contributed by atoms with E-state index in [1.807, 2.05) is 13.2 Å². The normalized spacial score (nSPS) is 16.6. The monoisotopic (exact) mass is 217 g/mol. The minimum Gasteiger partial charge on any atom is -0.397 e. The topological polar surface area (TPSA) is 41.3 Å². The van der Waals surface area contributed by atoms with Gasteiger partial charge in [0.1, 0.15) is 0 Å². The number of hydrogen-bond donors (Lipinski definition) is 2. The lowest BCUT2D eigenvalue weighted by Gasteiger charge is -2.17. The van der Waals surface area contributed by atoms with Crippen LogP contribution in [-0.4, -0.2) is 20.1 Å². The van der Waals surface area contributed by atoms with Gasteiger partial charge in [-0.05, 0) is 30.5 Å². The first-order valence-corrected chi connectivity index (χ1v) is 5.79. The Morgan fingerprint density at radius 1 is 1.25 bits per heavy atom. The van der Waals surface area contributed by atoms with Crippen LogP contribution in [0.5, 0.6) is 0 Å². The first kappa shape index (κ1) is 10.9. The molecule has 1 aromatic carbocycles. The van der Waals surface area contributed by atoms with Crippen molar-refractivity contribution < 1.29 is 0 Å². The van der Waals surface area contributed by atoms with E-state index in [0.717, 1.165) is 11.3 Å². The summed E-state index contributed by atoms with van der Waals surface area (Å²) in [6.07, 6.45) is 4.43. The highest BCUT2D eigenvalue weighted by Crippen LogP contribution is 2.21. The van der Waals surface area contributed by atoms with Crippen LogP contribution >= 0.6 is 0 Å². The lowest BCUT2D eigenvalue weighted by Crippen LogP contribution is -2.17. The molecular weight excluding hydrogens is 198 g/mol. The summed E-state index contributed by atoms with van der Waals surface area (Å²) >= 11 is 0. The van der Waals surface area contributed by atoms with Gasteiger partial charge in [-0.15, -0.1) is 0 Å². The number of hydrogen-bond acceptors (Lipinski definition) is 3. The molecule has 3 nitrogen and oxygen atoms in total. The number of nitrogens with one attached hydrogen (secondary N) is 1. The maximum atomic E-state index is 5.89. The van der Waals surface area contributed by atoms with Gasteiger partial charge in [-0.3, -0.25) is 0 Å². The van der Waals surface area contributed by atoms with E-state index in [0.29, 0.717) is 0 Å². The van der Waals surface area contributed by atoms with E-state index in [-0.39, 0.29) is 0 Å². The summed E-state index contributed by atoms with van der Waals surface area (Å²) in [5.74, 6) is 0. The van der Waals surface area contributed by atoms with Gasteiger partial charge in [0.05, 0.1) is 5.70 Å². The highest BCUT2D eigenvalue weighted by Gasteiger charge is 2.11. The van der Waals surface area contributed by atoms with Crippen LogP contribution in [0.15, 0.2) is 30.5 Å². The van der Waals surface area contributed by atoms with Gasteiger partial charge in [-0.1, -0.05) is 12.1 Å². The molecule has 16 heavy (non-hydrogen) atoms. The fraction of sp³-hybridized carbons (Fsp3) is 0.385. The lowest BCUT2D eigenvalue weighted by atomic mass is 10.1. The predicted octanol–water partition coefficient (Wildman–Crippen LogP) is 1.76. The third-order valence-corrected chi connectivity index (χ3v) is 2.97. The molecule has 0 spiro atoms. The van der Waals surface area contributed by atoms with Crippen molar-refractivity contribution in [3.05, 3.63) is 36.0 Å². The third-order valence-electron chi connectivity index (χ3n) is 2.97. The number of nitrogens with zero attached hydrogens (tertiary/aromatic N) is 1. The van der Waals surface area contributed by atoms with E-state index < -0.39 is 0 Å². The zero-order valence-corrected chi connectivity index (χ0v) is 9.74. The average molecular weight is 217 g/mol. The molecule has 0 saturated carbocycles. The van der Waals surface area contributed by atoms with Crippen LogP contribution in [0.4, 0.5) is 5.69 Å². The van der Waals surface area contributed by atoms with Crippen molar-refractivity contribution >= 4 is 11.4 Å². The van der Waals surface area contributed by atoms with E-state index in [2.05, 4.69) is 34.5 Å². The molecule has 1 saturated heterocycles. The Bertz CT molecular complexity index is 361. The van der Waals surface area contributed by atoms with Crippen molar-refractivity contribution in [3.8, 4) is 0 Å². The summed E-state index contributed by atoms with van der Waals surface area (Å²) < 4.78 is 0. The summed E-state index contributed by atoms with van der Waals surface area (Å²) in [6, 6.07) is 8.46. The molecule has 0 radical (unpaired) electrons. The van der Waals surface area contributed by atoms with E-state index in [1.54, 1.807) is 0 Å². The zero-order valence-electron chi connectivity index (χ0n) is 9.74. The molecule has 1 aromatic rings. The second kappa shape index (κ2) is 4.92. The smallest absolute Gasteiger partial charge is 0.0547 e. The van der Waals surface area contributed by atoms with E-state index >= 15 is 0 Å². The number of anilines is 1. The van der Waals surface area contributed by atoms with Gasteiger partial charge in [0, 0.05) is 32.0 Å². The maximum Gasteiger partial charge on any atom is 0.0547 e. The molecule has 3 N–H and O–H groups in total. The van der Waals surface area contributed by atoms with Gasteiger partial charge in [0.2, 0.25) is 0 Å². The first-order valence-electron chi connectivity index (χ1n) is 5.79. The largest absolute Gasteiger partial charge is 0.397 e. The summed E-state index contributed by atoms with van der Waals surface area (Å²) in [4.78, 5) is 2.42. The summed E-state index contributed by atoms with van der Waals surface area (Å²) in [6.45, 7) is 2.36. The van der Waals surface area contributed by atoms with Crippen molar-refractivity contribution in [1.82, 2.24) is 5.32 Å². The SMILES string of the molecule is CN/C=C(\N)c1ccc(N2CCCC2)cc1. The first-order chi connectivity index (χ1) is 7.81. The number of benzene rings is 1. The standard InChI is InChI=1S/C13H19N3/c1-15-10-13(14)11-4-6-12(7-5-11)16-8-2-3-9-16/h4-7,10,15H,2-3,8-9,14H2,1H3/b13-10-. The maximum absolute atomic E-state index is 5.89. The Labute approximate surface area is 96.9 Å². The fourth-order valence-corrected chi connectivity index (χ4v) is 2.08. The van der Waals surface area contributed by atoms with E-state index in [4.69, 9.17) is 5.73 Å². The molecule has 1 aliphatic heterocycles. The molecule has 0 atom stereocenters. The molecule has 86 valence electrons. The van der Waals surface area contributed by atoms with Gasteiger partial charge in [0.15, 0.2) is 0 Å². The Morgan fingerprint density at radius 3 is 2.44 bits per heavy atom. The molecule has 1 aliphatic rings. The van der Waals surface area contributed by atoms with Crippen LogP contribution in [0.25, 0.3) is 5.70 Å². The zero-order chi connectivity index (χ0) is 11.4. The van der Waals surface area contributed by atoms with Gasteiger partial charge < -0.3 is 16.0 Å². The van der Waals surface area contributed by atoms with Crippen LogP contribution < -0.4 is 16.0 Å². The number of rotatable bonds is 3. The second-order valence-corrected chi connectivity index (χ2v) is 4.13. The molecule has 2 rings (SSSR count). The molecule has 1 heterocycles. The highest BCUT2D eigenvalue weighted by molar-refractivity contribution is 5.64. The van der Waals surface area contributed by atoms with Crippen molar-refractivity contribution in [2.75, 3.05) is 25.0 Å². The molecule has 0 aromatic heterocycles. The van der Waals surface area contributed by atoms with E-state index in [1.165, 1.54) is 31.6 Å². The predicted molar refractivity (Wildman–Crippen MR) is 69.1 cm³/mol. The van der Waals surface area contributed by atoms with Gasteiger partial charge in [0.25, 0.3) is 0 Å². The summed E-state index contributed by atoms with van der Waals surface area (Å²) in [5, 5.41) is 2.94. The van der Waals surface area contributed by atoms with Crippen molar-refractivity contribution in [2.24, 2.45) is 5.73 Å². The molecule has 0 unspecified atom stereocenters. The average Bonchev–Trinajstić information content (AvgIpc) is 2.83. The van der Waals surface area contributed by atoms with Crippen molar-refractivity contribution in [2.45, 2.75) is 12.8 Å². The molecule has 3 heteroatoms. The molecule has 0 bridgehead atoms. The highest BCUT2D eigenvalue weighted by atomic mass is 15.1. The van der Waals surface area contributed by atoms with Crippen molar-refractivity contribution in [3.63, 3.8) is 0 Å². The van der Waals surface area contributed by atoms with Crippen LogP contribution in [0.3, 0.4) is 0 Å².